The Balaban J connectivity index is 2.97. The SMILES string of the molecule is CCOC(O)CCCCCBr. The molecule has 1 atom stereocenters. The maximum atomic E-state index is 9.11. The number of aliphatic hydroxyl groups is 1. The summed E-state index contributed by atoms with van der Waals surface area (Å²) in [5.74, 6) is 0. The van der Waals surface area contributed by atoms with E-state index < -0.39 is 6.29 Å². The molecule has 68 valence electrons. The van der Waals surface area contributed by atoms with Gasteiger partial charge in [0.1, 0.15) is 0 Å². The first-order chi connectivity index (χ1) is 5.31. The molecule has 0 saturated heterocycles. The minimum Gasteiger partial charge on any atom is -0.368 e. The van der Waals surface area contributed by atoms with Crippen LogP contribution in [0, 0.1) is 0 Å². The predicted molar refractivity (Wildman–Crippen MR) is 49.9 cm³/mol. The number of alkyl halides is 1. The zero-order chi connectivity index (χ0) is 8.53. The van der Waals surface area contributed by atoms with Gasteiger partial charge >= 0.3 is 0 Å². The molecular weight excluding hydrogens is 208 g/mol. The molecule has 0 amide bonds. The Morgan fingerprint density at radius 2 is 2.09 bits per heavy atom. The van der Waals surface area contributed by atoms with Crippen molar-refractivity contribution in [1.29, 1.82) is 0 Å². The Morgan fingerprint density at radius 1 is 1.36 bits per heavy atom. The van der Waals surface area contributed by atoms with E-state index in [0.717, 1.165) is 24.6 Å². The zero-order valence-electron chi connectivity index (χ0n) is 7.05. The summed E-state index contributed by atoms with van der Waals surface area (Å²) >= 11 is 3.35. The summed E-state index contributed by atoms with van der Waals surface area (Å²) in [6.45, 7) is 2.49. The van der Waals surface area contributed by atoms with E-state index in [2.05, 4.69) is 15.9 Å². The Morgan fingerprint density at radius 3 is 2.64 bits per heavy atom. The molecule has 0 aromatic heterocycles. The van der Waals surface area contributed by atoms with Crippen molar-refractivity contribution in [3.63, 3.8) is 0 Å². The molecule has 11 heavy (non-hydrogen) atoms. The lowest BCUT2D eigenvalue weighted by Crippen LogP contribution is -2.10. The third-order valence-electron chi connectivity index (χ3n) is 1.44. The lowest BCUT2D eigenvalue weighted by molar-refractivity contribution is -0.0993. The topological polar surface area (TPSA) is 29.5 Å². The average molecular weight is 225 g/mol. The molecule has 2 nitrogen and oxygen atoms in total. The van der Waals surface area contributed by atoms with Crippen molar-refractivity contribution >= 4 is 15.9 Å². The predicted octanol–water partition coefficient (Wildman–Crippen LogP) is 2.30. The van der Waals surface area contributed by atoms with Gasteiger partial charge in [-0.3, -0.25) is 0 Å². The molecular formula is C8H17BrO2. The molecule has 0 aromatic carbocycles. The fourth-order valence-electron chi connectivity index (χ4n) is 0.866. The van der Waals surface area contributed by atoms with Crippen molar-refractivity contribution < 1.29 is 9.84 Å². The van der Waals surface area contributed by atoms with E-state index in [0.29, 0.717) is 6.61 Å². The Bertz CT molecular complexity index is 78.5. The van der Waals surface area contributed by atoms with Crippen molar-refractivity contribution in [2.24, 2.45) is 0 Å². The zero-order valence-corrected chi connectivity index (χ0v) is 8.64. The number of ether oxygens (including phenoxy) is 1. The van der Waals surface area contributed by atoms with Crippen LogP contribution in [0.3, 0.4) is 0 Å². The van der Waals surface area contributed by atoms with E-state index in [4.69, 9.17) is 9.84 Å². The van der Waals surface area contributed by atoms with Gasteiger partial charge in [-0.25, -0.2) is 0 Å². The smallest absolute Gasteiger partial charge is 0.154 e. The number of hydrogen-bond acceptors (Lipinski definition) is 2. The molecule has 0 saturated carbocycles. The number of unbranched alkanes of at least 4 members (excludes halogenated alkanes) is 2. The molecule has 0 heterocycles. The average Bonchev–Trinajstić information content (AvgIpc) is 1.99. The van der Waals surface area contributed by atoms with Crippen LogP contribution < -0.4 is 0 Å². The second-order valence-electron chi connectivity index (χ2n) is 2.45. The van der Waals surface area contributed by atoms with Gasteiger partial charge in [-0.05, 0) is 26.2 Å². The fourth-order valence-corrected chi connectivity index (χ4v) is 1.26. The minimum atomic E-state index is -0.546. The molecule has 0 aromatic rings. The summed E-state index contributed by atoms with van der Waals surface area (Å²) < 4.78 is 4.97. The van der Waals surface area contributed by atoms with Crippen molar-refractivity contribution in [1.82, 2.24) is 0 Å². The van der Waals surface area contributed by atoms with Gasteiger partial charge in [-0.1, -0.05) is 22.4 Å². The van der Waals surface area contributed by atoms with E-state index in [9.17, 15) is 0 Å². The molecule has 1 N–H and O–H groups in total. The van der Waals surface area contributed by atoms with Crippen LogP contribution in [0.25, 0.3) is 0 Å². The van der Waals surface area contributed by atoms with Gasteiger partial charge in [0.05, 0.1) is 0 Å². The number of aliphatic hydroxyl groups excluding tert-OH is 1. The largest absolute Gasteiger partial charge is 0.368 e. The van der Waals surface area contributed by atoms with Crippen LogP contribution in [0.1, 0.15) is 32.6 Å². The second kappa shape index (κ2) is 8.50. The van der Waals surface area contributed by atoms with Crippen molar-refractivity contribution in [2.45, 2.75) is 38.9 Å². The maximum absolute atomic E-state index is 9.11. The van der Waals surface area contributed by atoms with Crippen LogP contribution in [0.4, 0.5) is 0 Å². The standard InChI is InChI=1S/C8H17BrO2/c1-2-11-8(10)6-4-3-5-7-9/h8,10H,2-7H2,1H3. The van der Waals surface area contributed by atoms with Crippen LogP contribution in [0.15, 0.2) is 0 Å². The van der Waals surface area contributed by atoms with Crippen molar-refractivity contribution in [3.05, 3.63) is 0 Å². The summed E-state index contributed by atoms with van der Waals surface area (Å²) in [5, 5.41) is 10.2. The van der Waals surface area contributed by atoms with E-state index in [1.807, 2.05) is 6.92 Å². The first-order valence-electron chi connectivity index (χ1n) is 4.17. The highest BCUT2D eigenvalue weighted by atomic mass is 79.9. The first kappa shape index (κ1) is 11.4. The molecule has 0 rings (SSSR count). The third kappa shape index (κ3) is 8.30. The van der Waals surface area contributed by atoms with Gasteiger partial charge in [-0.2, -0.15) is 0 Å². The molecule has 0 bridgehead atoms. The van der Waals surface area contributed by atoms with Gasteiger partial charge in [0.2, 0.25) is 0 Å². The summed E-state index contributed by atoms with van der Waals surface area (Å²) in [4.78, 5) is 0. The molecule has 0 radical (unpaired) electrons. The lowest BCUT2D eigenvalue weighted by Gasteiger charge is -2.08. The van der Waals surface area contributed by atoms with Gasteiger partial charge < -0.3 is 9.84 Å². The molecule has 0 fully saturated rings. The van der Waals surface area contributed by atoms with E-state index in [1.165, 1.54) is 6.42 Å². The number of hydrogen-bond donors (Lipinski definition) is 1. The van der Waals surface area contributed by atoms with Gasteiger partial charge in [0.15, 0.2) is 6.29 Å². The Hall–Kier alpha value is 0.400. The molecule has 0 aliphatic heterocycles. The highest BCUT2D eigenvalue weighted by Crippen LogP contribution is 2.05. The van der Waals surface area contributed by atoms with Crippen LogP contribution in [-0.4, -0.2) is 23.3 Å². The monoisotopic (exact) mass is 224 g/mol. The van der Waals surface area contributed by atoms with E-state index >= 15 is 0 Å². The number of rotatable bonds is 7. The molecule has 0 aliphatic rings. The van der Waals surface area contributed by atoms with E-state index in [1.54, 1.807) is 0 Å². The second-order valence-corrected chi connectivity index (χ2v) is 3.24. The summed E-state index contributed by atoms with van der Waals surface area (Å²) in [6.07, 6.45) is 3.61. The van der Waals surface area contributed by atoms with Gasteiger partial charge in [-0.15, -0.1) is 0 Å². The van der Waals surface area contributed by atoms with E-state index in [-0.39, 0.29) is 0 Å². The molecule has 0 spiro atoms. The van der Waals surface area contributed by atoms with Crippen LogP contribution in [0.2, 0.25) is 0 Å². The fraction of sp³-hybridized carbons (Fsp3) is 1.00. The quantitative estimate of drug-likeness (QED) is 0.409. The summed E-state index contributed by atoms with van der Waals surface area (Å²) in [5.41, 5.74) is 0. The Labute approximate surface area is 77.1 Å². The van der Waals surface area contributed by atoms with Gasteiger partial charge in [0.25, 0.3) is 0 Å². The highest BCUT2D eigenvalue weighted by Gasteiger charge is 2.00. The molecule has 0 aliphatic carbocycles. The van der Waals surface area contributed by atoms with Crippen LogP contribution in [0.5, 0.6) is 0 Å². The van der Waals surface area contributed by atoms with Crippen LogP contribution in [-0.2, 0) is 4.74 Å². The summed E-state index contributed by atoms with van der Waals surface area (Å²) in [7, 11) is 0. The minimum absolute atomic E-state index is 0.546. The maximum Gasteiger partial charge on any atom is 0.154 e. The first-order valence-corrected chi connectivity index (χ1v) is 5.29. The normalized spacial score (nSPS) is 13.4. The summed E-state index contributed by atoms with van der Waals surface area (Å²) in [6, 6.07) is 0. The van der Waals surface area contributed by atoms with Crippen LogP contribution >= 0.6 is 15.9 Å². The van der Waals surface area contributed by atoms with Crippen molar-refractivity contribution in [2.75, 3.05) is 11.9 Å². The number of halogens is 1. The lowest BCUT2D eigenvalue weighted by atomic mass is 10.2. The third-order valence-corrected chi connectivity index (χ3v) is 2.00. The molecule has 3 heteroatoms. The van der Waals surface area contributed by atoms with Crippen molar-refractivity contribution in [3.8, 4) is 0 Å². The highest BCUT2D eigenvalue weighted by molar-refractivity contribution is 9.09. The Kier molecular flexibility index (Phi) is 8.81. The molecule has 1 unspecified atom stereocenters. The van der Waals surface area contributed by atoms with Gasteiger partial charge in [0, 0.05) is 11.9 Å².